The molecule has 0 spiro atoms. The Labute approximate surface area is 93.2 Å². The summed E-state index contributed by atoms with van der Waals surface area (Å²) in [6.45, 7) is 4.60. The van der Waals surface area contributed by atoms with Crippen molar-refractivity contribution in [3.8, 4) is 0 Å². The molecular formula is C13H24N2. The highest BCUT2D eigenvalue weighted by Gasteiger charge is 2.47. The fourth-order valence-electron chi connectivity index (χ4n) is 3.85. The van der Waals surface area contributed by atoms with Gasteiger partial charge in [0.15, 0.2) is 0 Å². The predicted molar refractivity (Wildman–Crippen MR) is 62.6 cm³/mol. The van der Waals surface area contributed by atoms with Crippen LogP contribution in [0.25, 0.3) is 0 Å². The summed E-state index contributed by atoms with van der Waals surface area (Å²) >= 11 is 0. The van der Waals surface area contributed by atoms with Gasteiger partial charge in [0, 0.05) is 24.7 Å². The van der Waals surface area contributed by atoms with Gasteiger partial charge in [-0.2, -0.15) is 0 Å². The van der Waals surface area contributed by atoms with E-state index in [9.17, 15) is 0 Å². The molecule has 0 aromatic heterocycles. The Hall–Kier alpha value is -0.0800. The molecule has 2 heteroatoms. The van der Waals surface area contributed by atoms with Gasteiger partial charge >= 0.3 is 0 Å². The second kappa shape index (κ2) is 3.46. The zero-order chi connectivity index (χ0) is 10.5. The Balaban J connectivity index is 1.71. The van der Waals surface area contributed by atoms with Crippen LogP contribution in [0.15, 0.2) is 0 Å². The lowest BCUT2D eigenvalue weighted by molar-refractivity contribution is 0.0629. The van der Waals surface area contributed by atoms with Gasteiger partial charge in [0.1, 0.15) is 0 Å². The van der Waals surface area contributed by atoms with E-state index in [4.69, 9.17) is 5.73 Å². The van der Waals surface area contributed by atoms with E-state index >= 15 is 0 Å². The van der Waals surface area contributed by atoms with Crippen LogP contribution in [-0.2, 0) is 0 Å². The topological polar surface area (TPSA) is 29.3 Å². The van der Waals surface area contributed by atoms with Gasteiger partial charge < -0.3 is 5.73 Å². The minimum absolute atomic E-state index is 0.320. The first-order valence-electron chi connectivity index (χ1n) is 6.68. The maximum absolute atomic E-state index is 6.05. The maximum atomic E-state index is 6.05. The molecule has 3 aliphatic rings. The molecule has 1 heterocycles. The maximum Gasteiger partial charge on any atom is 0.0309 e. The van der Waals surface area contributed by atoms with Crippen LogP contribution < -0.4 is 5.73 Å². The summed E-state index contributed by atoms with van der Waals surface area (Å²) in [5.74, 6) is 2.00. The van der Waals surface area contributed by atoms with Crippen LogP contribution in [0.5, 0.6) is 0 Å². The van der Waals surface area contributed by atoms with Crippen molar-refractivity contribution >= 4 is 0 Å². The van der Waals surface area contributed by atoms with Crippen molar-refractivity contribution in [2.45, 2.75) is 57.0 Å². The molecule has 1 aliphatic heterocycles. The third kappa shape index (κ3) is 1.72. The molecule has 3 rings (SSSR count). The van der Waals surface area contributed by atoms with Crippen molar-refractivity contribution < 1.29 is 0 Å². The molecule has 3 unspecified atom stereocenters. The first-order chi connectivity index (χ1) is 7.21. The molecule has 3 atom stereocenters. The van der Waals surface area contributed by atoms with Gasteiger partial charge in [-0.25, -0.2) is 0 Å². The van der Waals surface area contributed by atoms with Crippen LogP contribution in [0, 0.1) is 11.8 Å². The van der Waals surface area contributed by atoms with Crippen LogP contribution in [-0.4, -0.2) is 29.6 Å². The van der Waals surface area contributed by atoms with Gasteiger partial charge in [-0.3, -0.25) is 4.90 Å². The van der Waals surface area contributed by atoms with Crippen molar-refractivity contribution in [3.63, 3.8) is 0 Å². The van der Waals surface area contributed by atoms with E-state index in [0.29, 0.717) is 5.54 Å². The Bertz CT molecular complexity index is 249. The summed E-state index contributed by atoms with van der Waals surface area (Å²) in [6, 6.07) is 0.877. The number of rotatable bonds is 4. The third-order valence-corrected chi connectivity index (χ3v) is 4.97. The number of hydrogen-bond donors (Lipinski definition) is 1. The minimum Gasteiger partial charge on any atom is -0.329 e. The average Bonchev–Trinajstić information content (AvgIpc) is 2.81. The normalized spacial score (nSPS) is 39.6. The van der Waals surface area contributed by atoms with Gasteiger partial charge in [-0.15, -0.1) is 0 Å². The highest BCUT2D eigenvalue weighted by Crippen LogP contribution is 2.45. The molecule has 2 bridgehead atoms. The Morgan fingerprint density at radius 3 is 2.53 bits per heavy atom. The van der Waals surface area contributed by atoms with E-state index < -0.39 is 0 Å². The molecule has 0 amide bonds. The van der Waals surface area contributed by atoms with E-state index in [1.54, 1.807) is 0 Å². The molecule has 0 radical (unpaired) electrons. The summed E-state index contributed by atoms with van der Waals surface area (Å²) in [5, 5.41) is 0. The molecule has 0 aromatic carbocycles. The lowest BCUT2D eigenvalue weighted by Gasteiger charge is -2.43. The number of piperidine rings is 1. The number of nitrogens with zero attached hydrogens (tertiary/aromatic N) is 1. The van der Waals surface area contributed by atoms with E-state index in [1.165, 1.54) is 45.1 Å². The van der Waals surface area contributed by atoms with Crippen molar-refractivity contribution in [2.75, 3.05) is 13.1 Å². The van der Waals surface area contributed by atoms with E-state index in [0.717, 1.165) is 24.4 Å². The molecule has 2 saturated carbocycles. The van der Waals surface area contributed by atoms with Crippen LogP contribution in [0.2, 0.25) is 0 Å². The summed E-state index contributed by atoms with van der Waals surface area (Å²) in [7, 11) is 0. The van der Waals surface area contributed by atoms with Gasteiger partial charge in [-0.1, -0.05) is 12.8 Å². The summed E-state index contributed by atoms with van der Waals surface area (Å²) in [5.41, 5.74) is 6.37. The SMILES string of the molecule is CC(CN)(CC1CC1)N1CC2CCC1C2. The standard InChI is InChI=1S/C13H24N2/c1-13(9-14,7-10-2-3-10)15-8-11-4-5-12(15)6-11/h10-12H,2-9,14H2,1H3. The first kappa shape index (κ1) is 10.1. The summed E-state index contributed by atoms with van der Waals surface area (Å²) in [4.78, 5) is 2.76. The van der Waals surface area contributed by atoms with Gasteiger partial charge in [-0.05, 0) is 44.4 Å². The molecule has 2 aliphatic carbocycles. The van der Waals surface area contributed by atoms with Crippen molar-refractivity contribution in [3.05, 3.63) is 0 Å². The van der Waals surface area contributed by atoms with E-state index in [-0.39, 0.29) is 0 Å². The zero-order valence-electron chi connectivity index (χ0n) is 9.91. The predicted octanol–water partition coefficient (Wildman–Crippen LogP) is 1.99. The molecule has 0 aromatic rings. The lowest BCUT2D eigenvalue weighted by Crippen LogP contribution is -2.55. The van der Waals surface area contributed by atoms with Crippen LogP contribution in [0.4, 0.5) is 0 Å². The zero-order valence-corrected chi connectivity index (χ0v) is 9.91. The second-order valence-corrected chi connectivity index (χ2v) is 6.33. The summed E-state index contributed by atoms with van der Waals surface area (Å²) in [6.07, 6.45) is 8.64. The molecule has 86 valence electrons. The minimum atomic E-state index is 0.320. The van der Waals surface area contributed by atoms with Crippen LogP contribution in [0.1, 0.15) is 45.4 Å². The number of likely N-dealkylation sites (tertiary alicyclic amines) is 1. The first-order valence-corrected chi connectivity index (χ1v) is 6.68. The van der Waals surface area contributed by atoms with Crippen molar-refractivity contribution in [1.29, 1.82) is 0 Å². The monoisotopic (exact) mass is 208 g/mol. The highest BCUT2D eigenvalue weighted by atomic mass is 15.3. The quantitative estimate of drug-likeness (QED) is 0.765. The van der Waals surface area contributed by atoms with E-state index in [1.807, 2.05) is 0 Å². The Kier molecular flexibility index (Phi) is 2.33. The fourth-order valence-corrected chi connectivity index (χ4v) is 3.85. The van der Waals surface area contributed by atoms with Gasteiger partial charge in [0.05, 0.1) is 0 Å². The molecule has 2 nitrogen and oxygen atoms in total. The molecule has 3 fully saturated rings. The molecular weight excluding hydrogens is 184 g/mol. The molecule has 1 saturated heterocycles. The highest BCUT2D eigenvalue weighted by molar-refractivity contribution is 5.02. The Morgan fingerprint density at radius 2 is 2.07 bits per heavy atom. The van der Waals surface area contributed by atoms with Crippen molar-refractivity contribution in [1.82, 2.24) is 4.90 Å². The second-order valence-electron chi connectivity index (χ2n) is 6.33. The van der Waals surface area contributed by atoms with Crippen LogP contribution in [0.3, 0.4) is 0 Å². The molecule has 15 heavy (non-hydrogen) atoms. The van der Waals surface area contributed by atoms with Crippen LogP contribution >= 0.6 is 0 Å². The van der Waals surface area contributed by atoms with E-state index in [2.05, 4.69) is 11.8 Å². The Morgan fingerprint density at radius 1 is 1.27 bits per heavy atom. The number of nitrogens with two attached hydrogens (primary N) is 1. The fraction of sp³-hybridized carbons (Fsp3) is 1.00. The number of hydrogen-bond acceptors (Lipinski definition) is 2. The van der Waals surface area contributed by atoms with Gasteiger partial charge in [0.2, 0.25) is 0 Å². The smallest absolute Gasteiger partial charge is 0.0309 e. The average molecular weight is 208 g/mol. The van der Waals surface area contributed by atoms with Crippen molar-refractivity contribution in [2.24, 2.45) is 17.6 Å². The lowest BCUT2D eigenvalue weighted by atomic mass is 9.90. The number of fused-ring (bicyclic) bond motifs is 2. The third-order valence-electron chi connectivity index (χ3n) is 4.97. The van der Waals surface area contributed by atoms with Gasteiger partial charge in [0.25, 0.3) is 0 Å². The molecule has 2 N–H and O–H groups in total. The summed E-state index contributed by atoms with van der Waals surface area (Å²) < 4.78 is 0. The largest absolute Gasteiger partial charge is 0.329 e.